The Bertz CT molecular complexity index is 392. The standard InChI is InChI=1S/C12H18N4OS/c1-10(18-12-13-4-3-5-14-12)11(17)16-8-6-15(2)7-9-16/h3-5,10H,6-9H2,1-2H3. The maximum Gasteiger partial charge on any atom is 0.235 e. The first kappa shape index (κ1) is 13.3. The Labute approximate surface area is 112 Å². The molecule has 6 heteroatoms. The van der Waals surface area contributed by atoms with E-state index in [1.165, 1.54) is 11.8 Å². The van der Waals surface area contributed by atoms with E-state index in [1.54, 1.807) is 18.5 Å². The second-order valence-electron chi connectivity index (χ2n) is 4.42. The van der Waals surface area contributed by atoms with E-state index in [1.807, 2.05) is 11.8 Å². The van der Waals surface area contributed by atoms with Crippen LogP contribution in [-0.2, 0) is 4.79 Å². The summed E-state index contributed by atoms with van der Waals surface area (Å²) in [5.41, 5.74) is 0. The highest BCUT2D eigenvalue weighted by molar-refractivity contribution is 8.00. The molecule has 1 aromatic heterocycles. The zero-order valence-corrected chi connectivity index (χ0v) is 11.6. The first-order valence-electron chi connectivity index (χ1n) is 6.08. The quantitative estimate of drug-likeness (QED) is 0.596. The van der Waals surface area contributed by atoms with Crippen LogP contribution >= 0.6 is 11.8 Å². The highest BCUT2D eigenvalue weighted by atomic mass is 32.2. The number of thioether (sulfide) groups is 1. The molecule has 0 aliphatic carbocycles. The van der Waals surface area contributed by atoms with Crippen LogP contribution in [-0.4, -0.2) is 64.2 Å². The van der Waals surface area contributed by atoms with Crippen molar-refractivity contribution in [3.05, 3.63) is 18.5 Å². The van der Waals surface area contributed by atoms with Crippen molar-refractivity contribution in [1.82, 2.24) is 19.8 Å². The molecule has 0 aromatic carbocycles. The van der Waals surface area contributed by atoms with Gasteiger partial charge in [0.1, 0.15) is 0 Å². The third-order valence-corrected chi connectivity index (χ3v) is 3.96. The summed E-state index contributed by atoms with van der Waals surface area (Å²) in [4.78, 5) is 24.7. The highest BCUT2D eigenvalue weighted by Crippen LogP contribution is 2.20. The molecule has 1 aliphatic rings. The van der Waals surface area contributed by atoms with Crippen molar-refractivity contribution in [2.75, 3.05) is 33.2 Å². The van der Waals surface area contributed by atoms with Crippen molar-refractivity contribution >= 4 is 17.7 Å². The van der Waals surface area contributed by atoms with Crippen molar-refractivity contribution in [3.8, 4) is 0 Å². The Hall–Kier alpha value is -1.14. The van der Waals surface area contributed by atoms with E-state index in [0.717, 1.165) is 26.2 Å². The number of carbonyl (C=O) groups excluding carboxylic acids is 1. The van der Waals surface area contributed by atoms with Gasteiger partial charge in [-0.1, -0.05) is 11.8 Å². The molecule has 1 saturated heterocycles. The fourth-order valence-corrected chi connectivity index (χ4v) is 2.65. The molecule has 2 heterocycles. The molecule has 1 unspecified atom stereocenters. The maximum absolute atomic E-state index is 12.2. The smallest absolute Gasteiger partial charge is 0.235 e. The van der Waals surface area contributed by atoms with Crippen molar-refractivity contribution in [3.63, 3.8) is 0 Å². The topological polar surface area (TPSA) is 49.3 Å². The van der Waals surface area contributed by atoms with E-state index in [0.29, 0.717) is 5.16 Å². The van der Waals surface area contributed by atoms with Crippen LogP contribution in [0.15, 0.2) is 23.6 Å². The first-order valence-corrected chi connectivity index (χ1v) is 6.96. The number of likely N-dealkylation sites (N-methyl/N-ethyl adjacent to an activating group) is 1. The predicted octanol–water partition coefficient (Wildman–Crippen LogP) is 0.731. The molecule has 0 spiro atoms. The van der Waals surface area contributed by atoms with Gasteiger partial charge in [0.15, 0.2) is 5.16 Å². The summed E-state index contributed by atoms with van der Waals surface area (Å²) in [7, 11) is 2.08. The number of hydrogen-bond acceptors (Lipinski definition) is 5. The molecule has 18 heavy (non-hydrogen) atoms. The van der Waals surface area contributed by atoms with Gasteiger partial charge in [-0.3, -0.25) is 4.79 Å². The second-order valence-corrected chi connectivity index (χ2v) is 5.73. The lowest BCUT2D eigenvalue weighted by atomic mass is 10.3. The molecular weight excluding hydrogens is 248 g/mol. The van der Waals surface area contributed by atoms with Gasteiger partial charge in [-0.15, -0.1) is 0 Å². The van der Waals surface area contributed by atoms with Crippen LogP contribution in [0.25, 0.3) is 0 Å². The van der Waals surface area contributed by atoms with Crippen LogP contribution in [0.5, 0.6) is 0 Å². The molecule has 1 amide bonds. The molecule has 5 nitrogen and oxygen atoms in total. The fraction of sp³-hybridized carbons (Fsp3) is 0.583. The van der Waals surface area contributed by atoms with Crippen LogP contribution in [0.1, 0.15) is 6.92 Å². The Morgan fingerprint density at radius 2 is 1.89 bits per heavy atom. The lowest BCUT2D eigenvalue weighted by molar-refractivity contribution is -0.131. The fourth-order valence-electron chi connectivity index (χ4n) is 1.84. The Morgan fingerprint density at radius 3 is 2.50 bits per heavy atom. The van der Waals surface area contributed by atoms with Gasteiger partial charge in [0.25, 0.3) is 0 Å². The van der Waals surface area contributed by atoms with Crippen LogP contribution in [0, 0.1) is 0 Å². The van der Waals surface area contributed by atoms with Crippen molar-refractivity contribution in [2.45, 2.75) is 17.3 Å². The second kappa shape index (κ2) is 6.15. The van der Waals surface area contributed by atoms with Gasteiger partial charge in [-0.05, 0) is 20.0 Å². The third kappa shape index (κ3) is 3.43. The SMILES string of the molecule is CC(Sc1ncccn1)C(=O)N1CCN(C)CC1. The number of hydrogen-bond donors (Lipinski definition) is 0. The van der Waals surface area contributed by atoms with Gasteiger partial charge in [0.2, 0.25) is 5.91 Å². The predicted molar refractivity (Wildman–Crippen MR) is 71.4 cm³/mol. The zero-order chi connectivity index (χ0) is 13.0. The summed E-state index contributed by atoms with van der Waals surface area (Å²) in [6.07, 6.45) is 3.39. The van der Waals surface area contributed by atoms with E-state index in [-0.39, 0.29) is 11.2 Å². The van der Waals surface area contributed by atoms with E-state index in [9.17, 15) is 4.79 Å². The van der Waals surface area contributed by atoms with Crippen molar-refractivity contribution < 1.29 is 4.79 Å². The molecule has 0 saturated carbocycles. The largest absolute Gasteiger partial charge is 0.339 e. The normalized spacial score (nSPS) is 18.7. The van der Waals surface area contributed by atoms with Gasteiger partial charge in [-0.2, -0.15) is 0 Å². The number of carbonyl (C=O) groups is 1. The summed E-state index contributed by atoms with van der Waals surface area (Å²) in [5.74, 6) is 0.181. The highest BCUT2D eigenvalue weighted by Gasteiger charge is 2.24. The minimum absolute atomic E-state index is 0.129. The first-order chi connectivity index (χ1) is 8.66. The summed E-state index contributed by atoms with van der Waals surface area (Å²) < 4.78 is 0. The molecular formula is C12H18N4OS. The molecule has 0 radical (unpaired) electrons. The van der Waals surface area contributed by atoms with E-state index in [2.05, 4.69) is 21.9 Å². The third-order valence-electron chi connectivity index (χ3n) is 2.99. The van der Waals surface area contributed by atoms with Gasteiger partial charge in [0, 0.05) is 38.6 Å². The lowest BCUT2D eigenvalue weighted by Gasteiger charge is -2.33. The van der Waals surface area contributed by atoms with Gasteiger partial charge in [-0.25, -0.2) is 9.97 Å². The van der Waals surface area contributed by atoms with Crippen LogP contribution in [0.4, 0.5) is 0 Å². The minimum Gasteiger partial charge on any atom is -0.339 e. The average Bonchev–Trinajstić information content (AvgIpc) is 2.40. The summed E-state index contributed by atoms with van der Waals surface area (Å²) in [6, 6.07) is 1.77. The van der Waals surface area contributed by atoms with Crippen LogP contribution < -0.4 is 0 Å². The van der Waals surface area contributed by atoms with Crippen molar-refractivity contribution in [2.24, 2.45) is 0 Å². The zero-order valence-electron chi connectivity index (χ0n) is 10.7. The van der Waals surface area contributed by atoms with E-state index >= 15 is 0 Å². The molecule has 1 fully saturated rings. The minimum atomic E-state index is -0.129. The number of piperazine rings is 1. The van der Waals surface area contributed by atoms with Crippen molar-refractivity contribution in [1.29, 1.82) is 0 Å². The molecule has 2 rings (SSSR count). The van der Waals surface area contributed by atoms with Crippen LogP contribution in [0.3, 0.4) is 0 Å². The lowest BCUT2D eigenvalue weighted by Crippen LogP contribution is -2.49. The molecule has 1 aliphatic heterocycles. The molecule has 98 valence electrons. The Kier molecular flexibility index (Phi) is 4.54. The van der Waals surface area contributed by atoms with E-state index in [4.69, 9.17) is 0 Å². The Morgan fingerprint density at radius 1 is 1.28 bits per heavy atom. The molecule has 1 aromatic rings. The van der Waals surface area contributed by atoms with E-state index < -0.39 is 0 Å². The average molecular weight is 266 g/mol. The summed E-state index contributed by atoms with van der Waals surface area (Å²) >= 11 is 1.42. The summed E-state index contributed by atoms with van der Waals surface area (Å²) in [5, 5.41) is 0.531. The maximum atomic E-state index is 12.2. The number of aromatic nitrogens is 2. The van der Waals surface area contributed by atoms with Gasteiger partial charge in [0.05, 0.1) is 5.25 Å². The number of nitrogens with zero attached hydrogens (tertiary/aromatic N) is 4. The molecule has 0 N–H and O–H groups in total. The van der Waals surface area contributed by atoms with Gasteiger partial charge >= 0.3 is 0 Å². The number of amides is 1. The Balaban J connectivity index is 1.89. The monoisotopic (exact) mass is 266 g/mol. The molecule has 0 bridgehead atoms. The molecule has 1 atom stereocenters. The van der Waals surface area contributed by atoms with Crippen LogP contribution in [0.2, 0.25) is 0 Å². The van der Waals surface area contributed by atoms with Gasteiger partial charge < -0.3 is 9.80 Å². The number of rotatable bonds is 3. The summed E-state index contributed by atoms with van der Waals surface area (Å²) in [6.45, 7) is 5.45.